The van der Waals surface area contributed by atoms with Crippen molar-refractivity contribution in [2.75, 3.05) is 5.08 Å². The summed E-state index contributed by atoms with van der Waals surface area (Å²) in [6, 6.07) is 8.03. The lowest BCUT2D eigenvalue weighted by atomic mass is 10.3. The van der Waals surface area contributed by atoms with Gasteiger partial charge in [-0.25, -0.2) is 4.98 Å². The third kappa shape index (κ3) is 2.78. The Morgan fingerprint density at radius 3 is 3.13 bits per heavy atom. The Labute approximate surface area is 99.7 Å². The molecule has 6 heteroatoms. The molecular formula is C9H6N2OS3. The fraction of sp³-hybridized carbons (Fsp3) is 0.111. The zero-order valence-corrected chi connectivity index (χ0v) is 9.99. The van der Waals surface area contributed by atoms with Crippen LogP contribution in [0.15, 0.2) is 28.6 Å². The van der Waals surface area contributed by atoms with Crippen molar-refractivity contribution in [3.05, 3.63) is 24.3 Å². The molecule has 0 fully saturated rings. The quantitative estimate of drug-likeness (QED) is 0.275. The van der Waals surface area contributed by atoms with Gasteiger partial charge in [0.25, 0.3) is 6.26 Å². The van der Waals surface area contributed by atoms with E-state index in [9.17, 15) is 0 Å². The molecule has 15 heavy (non-hydrogen) atoms. The zero-order chi connectivity index (χ0) is 10.5. The number of rotatable bonds is 4. The van der Waals surface area contributed by atoms with Crippen LogP contribution in [0.3, 0.4) is 0 Å². The summed E-state index contributed by atoms with van der Waals surface area (Å²) in [4.78, 5) is 4.44. The molecule has 1 aromatic carbocycles. The van der Waals surface area contributed by atoms with Gasteiger partial charge in [0.1, 0.15) is 0 Å². The Balaban J connectivity index is 2.00. The summed E-state index contributed by atoms with van der Waals surface area (Å²) in [6.07, 6.45) is 1.61. The fourth-order valence-electron chi connectivity index (χ4n) is 1.04. The van der Waals surface area contributed by atoms with Crippen molar-refractivity contribution >= 4 is 45.4 Å². The molecule has 0 aliphatic carbocycles. The lowest BCUT2D eigenvalue weighted by Gasteiger charge is -1.91. The first-order valence-electron chi connectivity index (χ1n) is 4.06. The van der Waals surface area contributed by atoms with Crippen LogP contribution in [0.2, 0.25) is 0 Å². The second-order valence-electron chi connectivity index (χ2n) is 2.50. The molecular weight excluding hydrogens is 248 g/mol. The van der Waals surface area contributed by atoms with E-state index in [1.807, 2.05) is 18.2 Å². The van der Waals surface area contributed by atoms with Gasteiger partial charge in [-0.2, -0.15) is 0 Å². The van der Waals surface area contributed by atoms with E-state index in [-0.39, 0.29) is 0 Å². The molecule has 0 saturated heterocycles. The van der Waals surface area contributed by atoms with Gasteiger partial charge in [-0.05, 0) is 12.1 Å². The number of fused-ring (bicyclic) bond motifs is 1. The Kier molecular flexibility index (Phi) is 3.72. The summed E-state index contributed by atoms with van der Waals surface area (Å²) in [5.41, 5.74) is 1.02. The lowest BCUT2D eigenvalue weighted by molar-refractivity contribution is 0.598. The number of benzene rings is 1. The zero-order valence-electron chi connectivity index (χ0n) is 7.54. The van der Waals surface area contributed by atoms with Gasteiger partial charge in [0, 0.05) is 0 Å². The molecule has 0 spiro atoms. The summed E-state index contributed by atoms with van der Waals surface area (Å²) in [6.45, 7) is 0. The van der Waals surface area contributed by atoms with Crippen LogP contribution >= 0.6 is 35.1 Å². The van der Waals surface area contributed by atoms with Crippen LogP contribution in [0.4, 0.5) is 0 Å². The highest BCUT2D eigenvalue weighted by molar-refractivity contribution is 8.14. The summed E-state index contributed by atoms with van der Waals surface area (Å²) < 4.78 is 6.70. The number of para-hydroxylation sites is 1. The van der Waals surface area contributed by atoms with E-state index in [4.69, 9.17) is 5.26 Å². The lowest BCUT2D eigenvalue weighted by Crippen LogP contribution is -1.72. The molecule has 2 aromatic rings. The number of aromatic nitrogens is 1. The second kappa shape index (κ2) is 5.26. The number of nitrogens with zero attached hydrogens (tertiary/aromatic N) is 2. The van der Waals surface area contributed by atoms with Gasteiger partial charge in [-0.1, -0.05) is 23.9 Å². The molecule has 1 aromatic heterocycles. The van der Waals surface area contributed by atoms with E-state index >= 15 is 0 Å². The van der Waals surface area contributed by atoms with Crippen LogP contribution in [0.5, 0.6) is 0 Å². The van der Waals surface area contributed by atoms with Crippen LogP contribution in [0.1, 0.15) is 0 Å². The standard InChI is InChI=1S/C9H6N2OS3/c10-5-12-14-6-13-9-11-7-3-1-2-4-8(7)15-9/h1-4H,6H2. The van der Waals surface area contributed by atoms with Crippen molar-refractivity contribution in [3.8, 4) is 6.26 Å². The molecule has 0 N–H and O–H groups in total. The van der Waals surface area contributed by atoms with Crippen molar-refractivity contribution in [1.29, 1.82) is 5.26 Å². The predicted molar refractivity (Wildman–Crippen MR) is 64.6 cm³/mol. The van der Waals surface area contributed by atoms with Gasteiger partial charge >= 0.3 is 0 Å². The smallest absolute Gasteiger partial charge is 0.299 e. The van der Waals surface area contributed by atoms with Crippen LogP contribution < -0.4 is 0 Å². The molecule has 3 nitrogen and oxygen atoms in total. The van der Waals surface area contributed by atoms with Crippen molar-refractivity contribution < 1.29 is 4.18 Å². The highest BCUT2D eigenvalue weighted by atomic mass is 32.2. The summed E-state index contributed by atoms with van der Waals surface area (Å²) in [7, 11) is 0. The largest absolute Gasteiger partial charge is 0.352 e. The fourth-order valence-corrected chi connectivity index (χ4v) is 3.68. The van der Waals surface area contributed by atoms with E-state index in [1.54, 1.807) is 29.4 Å². The first-order chi connectivity index (χ1) is 7.40. The summed E-state index contributed by atoms with van der Waals surface area (Å²) >= 11 is 4.36. The monoisotopic (exact) mass is 254 g/mol. The van der Waals surface area contributed by atoms with E-state index in [0.717, 1.165) is 21.9 Å². The van der Waals surface area contributed by atoms with Crippen LogP contribution in [0, 0.1) is 11.5 Å². The third-order valence-electron chi connectivity index (χ3n) is 1.60. The van der Waals surface area contributed by atoms with Gasteiger partial charge < -0.3 is 4.18 Å². The Hall–Kier alpha value is -0.900. The van der Waals surface area contributed by atoms with Crippen molar-refractivity contribution in [2.45, 2.75) is 4.34 Å². The number of hydrogen-bond donors (Lipinski definition) is 0. The van der Waals surface area contributed by atoms with E-state index in [2.05, 4.69) is 15.2 Å². The normalized spacial score (nSPS) is 10.1. The van der Waals surface area contributed by atoms with Gasteiger partial charge in [-0.15, -0.1) is 16.6 Å². The molecule has 0 unspecified atom stereocenters. The van der Waals surface area contributed by atoms with E-state index < -0.39 is 0 Å². The molecule has 0 aliphatic heterocycles. The van der Waals surface area contributed by atoms with Gasteiger partial charge in [-0.3, -0.25) is 0 Å². The maximum Gasteiger partial charge on any atom is 0.299 e. The predicted octanol–water partition coefficient (Wildman–Crippen LogP) is 3.49. The first-order valence-corrected chi connectivity index (χ1v) is 6.77. The second-order valence-corrected chi connectivity index (χ2v) is 5.81. The number of hydrogen-bond acceptors (Lipinski definition) is 6. The molecule has 76 valence electrons. The van der Waals surface area contributed by atoms with Crippen molar-refractivity contribution in [3.63, 3.8) is 0 Å². The third-order valence-corrected chi connectivity index (χ3v) is 4.42. The number of thioether (sulfide) groups is 1. The van der Waals surface area contributed by atoms with Gasteiger partial charge in [0.2, 0.25) is 0 Å². The summed E-state index contributed by atoms with van der Waals surface area (Å²) in [5, 5.41) is 8.84. The SMILES string of the molecule is N#COSCSc1nc2ccccc2s1. The molecule has 1 heterocycles. The number of nitriles is 1. The minimum atomic E-state index is 0.674. The van der Waals surface area contributed by atoms with Crippen LogP contribution in [-0.2, 0) is 4.18 Å². The minimum absolute atomic E-state index is 0.674. The first kappa shape index (κ1) is 10.6. The van der Waals surface area contributed by atoms with Crippen molar-refractivity contribution in [2.24, 2.45) is 0 Å². The molecule has 0 saturated carbocycles. The molecule has 0 amide bonds. The molecule has 0 aliphatic rings. The van der Waals surface area contributed by atoms with E-state index in [0.29, 0.717) is 5.08 Å². The maximum atomic E-state index is 8.16. The molecule has 0 radical (unpaired) electrons. The minimum Gasteiger partial charge on any atom is -0.352 e. The number of thiazole rings is 1. The molecule has 0 bridgehead atoms. The average molecular weight is 254 g/mol. The van der Waals surface area contributed by atoms with Crippen LogP contribution in [0.25, 0.3) is 10.2 Å². The topological polar surface area (TPSA) is 45.9 Å². The van der Waals surface area contributed by atoms with Crippen LogP contribution in [-0.4, -0.2) is 10.1 Å². The Bertz CT molecular complexity index is 458. The highest BCUT2D eigenvalue weighted by Gasteiger charge is 2.03. The summed E-state index contributed by atoms with van der Waals surface area (Å²) in [5.74, 6) is 0. The molecule has 0 atom stereocenters. The average Bonchev–Trinajstić information content (AvgIpc) is 2.67. The van der Waals surface area contributed by atoms with Gasteiger partial charge in [0.05, 0.1) is 27.3 Å². The van der Waals surface area contributed by atoms with Gasteiger partial charge in [0.15, 0.2) is 4.34 Å². The molecule has 2 rings (SSSR count). The maximum absolute atomic E-state index is 8.16. The van der Waals surface area contributed by atoms with E-state index in [1.165, 1.54) is 4.70 Å². The van der Waals surface area contributed by atoms with Crippen molar-refractivity contribution in [1.82, 2.24) is 4.98 Å². The Morgan fingerprint density at radius 1 is 1.47 bits per heavy atom. The highest BCUT2D eigenvalue weighted by Crippen LogP contribution is 2.31. The Morgan fingerprint density at radius 2 is 2.33 bits per heavy atom.